The number of halogens is 1. The van der Waals surface area contributed by atoms with E-state index in [1.54, 1.807) is 7.11 Å². The number of aryl methyl sites for hydroxylation is 1. The minimum Gasteiger partial charge on any atom is -0.496 e. The number of fused-ring (bicyclic) bond motifs is 1. The Balaban J connectivity index is 2.17. The molecule has 0 radical (unpaired) electrons. The van der Waals surface area contributed by atoms with E-state index in [2.05, 4.69) is 43.3 Å². The Labute approximate surface area is 130 Å². The lowest BCUT2D eigenvalue weighted by molar-refractivity contribution is 0.419. The molecule has 0 saturated carbocycles. The largest absolute Gasteiger partial charge is 0.496 e. The summed E-state index contributed by atoms with van der Waals surface area (Å²) >= 11 is 6.74. The lowest BCUT2D eigenvalue weighted by Gasteiger charge is -2.15. The fraction of sp³-hybridized carbons (Fsp3) is 0.158. The van der Waals surface area contributed by atoms with E-state index in [0.717, 1.165) is 27.6 Å². The molecular weight excluding hydrogens is 280 g/mol. The Hall–Kier alpha value is -1.99. The van der Waals surface area contributed by atoms with E-state index in [1.807, 2.05) is 24.3 Å². The van der Waals surface area contributed by atoms with Gasteiger partial charge in [0.1, 0.15) is 5.75 Å². The first kappa shape index (κ1) is 14.0. The van der Waals surface area contributed by atoms with Gasteiger partial charge in [-0.15, -0.1) is 11.6 Å². The van der Waals surface area contributed by atoms with Crippen molar-refractivity contribution < 1.29 is 4.74 Å². The number of ether oxygens (including phenoxy) is 1. The molecule has 0 fully saturated rings. The van der Waals surface area contributed by atoms with Crippen molar-refractivity contribution in [2.24, 2.45) is 0 Å². The van der Waals surface area contributed by atoms with E-state index >= 15 is 0 Å². The van der Waals surface area contributed by atoms with Gasteiger partial charge in [-0.05, 0) is 29.5 Å². The zero-order valence-corrected chi connectivity index (χ0v) is 12.9. The molecule has 3 aromatic carbocycles. The second-order valence-corrected chi connectivity index (χ2v) is 5.62. The maximum absolute atomic E-state index is 6.74. The highest BCUT2D eigenvalue weighted by atomic mass is 35.5. The molecule has 0 heterocycles. The summed E-state index contributed by atoms with van der Waals surface area (Å²) in [7, 11) is 1.69. The molecule has 0 bridgehead atoms. The fourth-order valence-electron chi connectivity index (χ4n) is 2.70. The molecule has 2 heteroatoms. The van der Waals surface area contributed by atoms with Crippen molar-refractivity contribution in [3.63, 3.8) is 0 Å². The highest BCUT2D eigenvalue weighted by Crippen LogP contribution is 2.37. The van der Waals surface area contributed by atoms with E-state index < -0.39 is 0 Å². The molecule has 106 valence electrons. The Kier molecular flexibility index (Phi) is 3.85. The lowest BCUT2D eigenvalue weighted by atomic mass is 9.96. The SMILES string of the molecule is COc1ccc(C(Cl)c2cccc(C)c2)c2ccccc12. The third-order valence-electron chi connectivity index (χ3n) is 3.75. The highest BCUT2D eigenvalue weighted by Gasteiger charge is 2.15. The number of hydrogen-bond donors (Lipinski definition) is 0. The van der Waals surface area contributed by atoms with E-state index in [1.165, 1.54) is 5.56 Å². The first-order chi connectivity index (χ1) is 10.2. The summed E-state index contributed by atoms with van der Waals surface area (Å²) in [6, 6.07) is 20.6. The van der Waals surface area contributed by atoms with Gasteiger partial charge in [0.15, 0.2) is 0 Å². The molecule has 0 aliphatic heterocycles. The Bertz CT molecular complexity index is 779. The second-order valence-electron chi connectivity index (χ2n) is 5.18. The molecule has 0 N–H and O–H groups in total. The van der Waals surface area contributed by atoms with Crippen LogP contribution in [0.15, 0.2) is 60.7 Å². The Morgan fingerprint density at radius 2 is 1.67 bits per heavy atom. The van der Waals surface area contributed by atoms with Gasteiger partial charge < -0.3 is 4.74 Å². The van der Waals surface area contributed by atoms with Gasteiger partial charge in [-0.1, -0.05) is 60.2 Å². The van der Waals surface area contributed by atoms with E-state index in [4.69, 9.17) is 16.3 Å². The van der Waals surface area contributed by atoms with E-state index in [-0.39, 0.29) is 5.38 Å². The summed E-state index contributed by atoms with van der Waals surface area (Å²) in [5.41, 5.74) is 3.45. The molecule has 21 heavy (non-hydrogen) atoms. The Morgan fingerprint density at radius 1 is 0.905 bits per heavy atom. The van der Waals surface area contributed by atoms with Crippen LogP contribution in [0.1, 0.15) is 22.1 Å². The van der Waals surface area contributed by atoms with E-state index in [9.17, 15) is 0 Å². The smallest absolute Gasteiger partial charge is 0.126 e. The minimum absolute atomic E-state index is 0.166. The van der Waals surface area contributed by atoms with Crippen molar-refractivity contribution in [3.8, 4) is 5.75 Å². The van der Waals surface area contributed by atoms with Crippen molar-refractivity contribution in [1.29, 1.82) is 0 Å². The van der Waals surface area contributed by atoms with Crippen molar-refractivity contribution in [2.45, 2.75) is 12.3 Å². The van der Waals surface area contributed by atoms with Gasteiger partial charge in [-0.25, -0.2) is 0 Å². The topological polar surface area (TPSA) is 9.23 Å². The molecule has 1 atom stereocenters. The van der Waals surface area contributed by atoms with Gasteiger partial charge in [0.2, 0.25) is 0 Å². The number of methoxy groups -OCH3 is 1. The molecule has 0 aromatic heterocycles. The van der Waals surface area contributed by atoms with Gasteiger partial charge >= 0.3 is 0 Å². The molecule has 3 aromatic rings. The molecule has 1 nitrogen and oxygen atoms in total. The third-order valence-corrected chi connectivity index (χ3v) is 4.23. The summed E-state index contributed by atoms with van der Waals surface area (Å²) in [4.78, 5) is 0. The minimum atomic E-state index is -0.166. The summed E-state index contributed by atoms with van der Waals surface area (Å²) in [5.74, 6) is 0.877. The van der Waals surface area contributed by atoms with Gasteiger partial charge in [0.05, 0.1) is 12.5 Å². The molecule has 1 unspecified atom stereocenters. The lowest BCUT2D eigenvalue weighted by Crippen LogP contribution is -1.96. The van der Waals surface area contributed by atoms with Crippen molar-refractivity contribution in [1.82, 2.24) is 0 Å². The van der Waals surface area contributed by atoms with Crippen LogP contribution in [0.4, 0.5) is 0 Å². The summed E-state index contributed by atoms with van der Waals surface area (Å²) in [6.07, 6.45) is 0. The zero-order valence-electron chi connectivity index (χ0n) is 12.1. The highest BCUT2D eigenvalue weighted by molar-refractivity contribution is 6.23. The van der Waals surface area contributed by atoms with Crippen LogP contribution < -0.4 is 4.74 Å². The second kappa shape index (κ2) is 5.79. The van der Waals surface area contributed by atoms with Crippen LogP contribution >= 0.6 is 11.6 Å². The van der Waals surface area contributed by atoms with Crippen LogP contribution in [-0.4, -0.2) is 7.11 Å². The first-order valence-electron chi connectivity index (χ1n) is 6.97. The number of hydrogen-bond acceptors (Lipinski definition) is 1. The first-order valence-corrected chi connectivity index (χ1v) is 7.40. The number of alkyl halides is 1. The van der Waals surface area contributed by atoms with Crippen molar-refractivity contribution in [2.75, 3.05) is 7.11 Å². The summed E-state index contributed by atoms with van der Waals surface area (Å²) in [6.45, 7) is 2.08. The average molecular weight is 297 g/mol. The standard InChI is InChI=1S/C19H17ClO/c1-13-6-5-7-14(12-13)19(20)17-10-11-18(21-2)16-9-4-3-8-15(16)17/h3-12,19H,1-2H3. The van der Waals surface area contributed by atoms with Crippen molar-refractivity contribution in [3.05, 3.63) is 77.4 Å². The molecule has 0 aliphatic rings. The fourth-order valence-corrected chi connectivity index (χ4v) is 3.03. The average Bonchev–Trinajstić information content (AvgIpc) is 2.53. The normalized spacial score (nSPS) is 12.3. The zero-order chi connectivity index (χ0) is 14.8. The van der Waals surface area contributed by atoms with Crippen LogP contribution in [0, 0.1) is 6.92 Å². The van der Waals surface area contributed by atoms with Crippen LogP contribution in [0.25, 0.3) is 10.8 Å². The third kappa shape index (κ3) is 2.62. The van der Waals surface area contributed by atoms with Crippen LogP contribution in [0.5, 0.6) is 5.75 Å². The maximum atomic E-state index is 6.74. The van der Waals surface area contributed by atoms with Crippen molar-refractivity contribution >= 4 is 22.4 Å². The molecule has 0 aliphatic carbocycles. The maximum Gasteiger partial charge on any atom is 0.126 e. The molecule has 0 amide bonds. The van der Waals surface area contributed by atoms with Gasteiger partial charge in [-0.3, -0.25) is 0 Å². The van der Waals surface area contributed by atoms with Crippen LogP contribution in [0.2, 0.25) is 0 Å². The predicted molar refractivity (Wildman–Crippen MR) is 89.4 cm³/mol. The summed E-state index contributed by atoms with van der Waals surface area (Å²) in [5, 5.41) is 2.06. The van der Waals surface area contributed by atoms with Gasteiger partial charge in [0.25, 0.3) is 0 Å². The van der Waals surface area contributed by atoms with Crippen LogP contribution in [0.3, 0.4) is 0 Å². The Morgan fingerprint density at radius 3 is 2.38 bits per heavy atom. The monoisotopic (exact) mass is 296 g/mol. The van der Waals surface area contributed by atoms with Crippen LogP contribution in [-0.2, 0) is 0 Å². The molecule has 0 spiro atoms. The number of rotatable bonds is 3. The predicted octanol–water partition coefficient (Wildman–Crippen LogP) is 5.49. The molecular formula is C19H17ClO. The molecule has 0 saturated heterocycles. The summed E-state index contributed by atoms with van der Waals surface area (Å²) < 4.78 is 5.44. The quantitative estimate of drug-likeness (QED) is 0.581. The van der Waals surface area contributed by atoms with Gasteiger partial charge in [0, 0.05) is 5.39 Å². The van der Waals surface area contributed by atoms with E-state index in [0.29, 0.717) is 0 Å². The number of benzene rings is 3. The van der Waals surface area contributed by atoms with Gasteiger partial charge in [-0.2, -0.15) is 0 Å². The molecule has 3 rings (SSSR count).